The molecule has 8 heteroatoms. The van der Waals surface area contributed by atoms with Gasteiger partial charge in [-0.15, -0.1) is 0 Å². The van der Waals surface area contributed by atoms with Gasteiger partial charge in [-0.2, -0.15) is 17.5 Å². The molecule has 0 aromatic heterocycles. The molecular weight excluding hydrogens is 257 g/mol. The van der Waals surface area contributed by atoms with E-state index < -0.39 is 28.0 Å². The molecular formula is C9H19F3N2O2S. The van der Waals surface area contributed by atoms with E-state index in [1.165, 1.54) is 13.8 Å². The fourth-order valence-corrected chi connectivity index (χ4v) is 2.81. The van der Waals surface area contributed by atoms with Gasteiger partial charge in [0.1, 0.15) is 6.54 Å². The van der Waals surface area contributed by atoms with Gasteiger partial charge in [0.15, 0.2) is 0 Å². The Morgan fingerprint density at radius 1 is 1.29 bits per heavy atom. The van der Waals surface area contributed by atoms with Gasteiger partial charge in [0.05, 0.1) is 5.25 Å². The molecule has 4 nitrogen and oxygen atoms in total. The second kappa shape index (κ2) is 6.55. The molecule has 0 aromatic carbocycles. The average Bonchev–Trinajstić information content (AvgIpc) is 2.20. The minimum absolute atomic E-state index is 0.146. The molecule has 0 saturated heterocycles. The highest BCUT2D eigenvalue weighted by molar-refractivity contribution is 7.89. The van der Waals surface area contributed by atoms with Crippen LogP contribution in [0.2, 0.25) is 0 Å². The fraction of sp³-hybridized carbons (Fsp3) is 1.00. The predicted molar refractivity (Wildman–Crippen MR) is 60.2 cm³/mol. The Bertz CT molecular complexity index is 317. The lowest BCUT2D eigenvalue weighted by Crippen LogP contribution is -2.45. The van der Waals surface area contributed by atoms with Crippen molar-refractivity contribution in [2.24, 2.45) is 0 Å². The van der Waals surface area contributed by atoms with Crippen molar-refractivity contribution in [3.63, 3.8) is 0 Å². The van der Waals surface area contributed by atoms with Gasteiger partial charge in [-0.1, -0.05) is 13.8 Å². The summed E-state index contributed by atoms with van der Waals surface area (Å²) in [7, 11) is -3.91. The Hall–Kier alpha value is -0.340. The topological polar surface area (TPSA) is 49.4 Å². The van der Waals surface area contributed by atoms with E-state index in [0.29, 0.717) is 10.8 Å². The van der Waals surface area contributed by atoms with Crippen LogP contribution >= 0.6 is 0 Å². The molecule has 0 rings (SSSR count). The zero-order chi connectivity index (χ0) is 13.7. The number of hydrogen-bond donors (Lipinski definition) is 1. The lowest BCUT2D eigenvalue weighted by molar-refractivity contribution is -0.135. The van der Waals surface area contributed by atoms with E-state index in [4.69, 9.17) is 0 Å². The molecule has 0 spiro atoms. The Balaban J connectivity index is 4.75. The Morgan fingerprint density at radius 2 is 1.82 bits per heavy atom. The van der Waals surface area contributed by atoms with Gasteiger partial charge in [0.2, 0.25) is 10.0 Å². The van der Waals surface area contributed by atoms with E-state index in [1.807, 2.05) is 0 Å². The quantitative estimate of drug-likeness (QED) is 0.760. The highest BCUT2D eigenvalue weighted by Crippen LogP contribution is 2.20. The van der Waals surface area contributed by atoms with Crippen molar-refractivity contribution in [1.29, 1.82) is 0 Å². The number of nitrogens with zero attached hydrogens (tertiary/aromatic N) is 1. The minimum atomic E-state index is -4.51. The van der Waals surface area contributed by atoms with Gasteiger partial charge in [0, 0.05) is 13.1 Å². The predicted octanol–water partition coefficient (Wildman–Crippen LogP) is 1.20. The highest BCUT2D eigenvalue weighted by atomic mass is 32.2. The smallest absolute Gasteiger partial charge is 0.316 e. The third-order valence-electron chi connectivity index (χ3n) is 2.26. The van der Waals surface area contributed by atoms with Crippen molar-refractivity contribution >= 4 is 10.0 Å². The van der Waals surface area contributed by atoms with Crippen LogP contribution in [0.3, 0.4) is 0 Å². The summed E-state index contributed by atoms with van der Waals surface area (Å²) in [4.78, 5) is 0. The Kier molecular flexibility index (Phi) is 6.42. The van der Waals surface area contributed by atoms with Gasteiger partial charge < -0.3 is 5.32 Å². The zero-order valence-electron chi connectivity index (χ0n) is 10.2. The molecule has 0 fully saturated rings. The minimum Gasteiger partial charge on any atom is -0.316 e. The highest BCUT2D eigenvalue weighted by Gasteiger charge is 2.37. The van der Waals surface area contributed by atoms with Crippen molar-refractivity contribution in [3.05, 3.63) is 0 Å². The van der Waals surface area contributed by atoms with Crippen molar-refractivity contribution in [2.45, 2.75) is 32.2 Å². The molecule has 0 amide bonds. The molecule has 0 aromatic rings. The SMILES string of the molecule is CCNCC(C)S(=O)(=O)N(CC)CC(F)(F)F. The zero-order valence-corrected chi connectivity index (χ0v) is 11.0. The summed E-state index contributed by atoms with van der Waals surface area (Å²) in [6.07, 6.45) is -4.51. The molecule has 0 bridgehead atoms. The normalized spacial score (nSPS) is 15.2. The molecule has 0 aliphatic heterocycles. The maximum Gasteiger partial charge on any atom is 0.402 e. The van der Waals surface area contributed by atoms with Crippen LogP contribution in [0.5, 0.6) is 0 Å². The monoisotopic (exact) mass is 276 g/mol. The van der Waals surface area contributed by atoms with E-state index in [1.54, 1.807) is 6.92 Å². The summed E-state index contributed by atoms with van der Waals surface area (Å²) in [6.45, 7) is 3.70. The molecule has 0 aliphatic rings. The van der Waals surface area contributed by atoms with Crippen molar-refractivity contribution in [2.75, 3.05) is 26.2 Å². The van der Waals surface area contributed by atoms with Crippen molar-refractivity contribution in [3.8, 4) is 0 Å². The van der Waals surface area contributed by atoms with Crippen LogP contribution < -0.4 is 5.32 Å². The largest absolute Gasteiger partial charge is 0.402 e. The maximum absolute atomic E-state index is 12.2. The van der Waals surface area contributed by atoms with Crippen LogP contribution in [0.4, 0.5) is 13.2 Å². The van der Waals surface area contributed by atoms with Gasteiger partial charge in [0.25, 0.3) is 0 Å². The second-order valence-electron chi connectivity index (χ2n) is 3.70. The van der Waals surface area contributed by atoms with E-state index >= 15 is 0 Å². The lowest BCUT2D eigenvalue weighted by atomic mass is 10.5. The van der Waals surface area contributed by atoms with Crippen molar-refractivity contribution in [1.82, 2.24) is 9.62 Å². The first-order valence-electron chi connectivity index (χ1n) is 5.41. The molecule has 104 valence electrons. The molecule has 1 atom stereocenters. The van der Waals surface area contributed by atoms with E-state index in [2.05, 4.69) is 5.32 Å². The molecule has 17 heavy (non-hydrogen) atoms. The first-order chi connectivity index (χ1) is 7.65. The number of hydrogen-bond acceptors (Lipinski definition) is 3. The fourth-order valence-electron chi connectivity index (χ4n) is 1.29. The second-order valence-corrected chi connectivity index (χ2v) is 6.06. The van der Waals surface area contributed by atoms with Crippen LogP contribution in [0.25, 0.3) is 0 Å². The summed E-state index contributed by atoms with van der Waals surface area (Å²) < 4.78 is 60.8. The molecule has 1 unspecified atom stereocenters. The molecule has 1 N–H and O–H groups in total. The van der Waals surface area contributed by atoms with Crippen LogP contribution in [-0.4, -0.2) is 50.3 Å². The van der Waals surface area contributed by atoms with Gasteiger partial charge in [-0.05, 0) is 13.5 Å². The number of alkyl halides is 3. The Morgan fingerprint density at radius 3 is 2.18 bits per heavy atom. The first kappa shape index (κ1) is 16.7. The summed E-state index contributed by atoms with van der Waals surface area (Å²) in [5.41, 5.74) is 0. The number of sulfonamides is 1. The van der Waals surface area contributed by atoms with Crippen LogP contribution in [-0.2, 0) is 10.0 Å². The van der Waals surface area contributed by atoms with Gasteiger partial charge in [-0.3, -0.25) is 0 Å². The standard InChI is InChI=1S/C9H19F3N2O2S/c1-4-13-6-8(3)17(15,16)14(5-2)7-9(10,11)12/h8,13H,4-7H2,1-3H3. The Labute approximate surface area is 100 Å². The van der Waals surface area contributed by atoms with E-state index in [9.17, 15) is 21.6 Å². The van der Waals surface area contributed by atoms with Gasteiger partial charge >= 0.3 is 6.18 Å². The third kappa shape index (κ3) is 5.69. The van der Waals surface area contributed by atoms with Crippen LogP contribution in [0.1, 0.15) is 20.8 Å². The molecule has 0 heterocycles. The third-order valence-corrected chi connectivity index (χ3v) is 4.55. The van der Waals surface area contributed by atoms with Crippen molar-refractivity contribution < 1.29 is 21.6 Å². The molecule has 0 aliphatic carbocycles. The number of nitrogens with one attached hydrogen (secondary N) is 1. The summed E-state index contributed by atoms with van der Waals surface area (Å²) >= 11 is 0. The molecule has 0 radical (unpaired) electrons. The number of rotatable bonds is 7. The first-order valence-corrected chi connectivity index (χ1v) is 6.91. The van der Waals surface area contributed by atoms with Crippen LogP contribution in [0.15, 0.2) is 0 Å². The summed E-state index contributed by atoms with van der Waals surface area (Å²) in [5, 5.41) is 1.94. The van der Waals surface area contributed by atoms with Gasteiger partial charge in [-0.25, -0.2) is 8.42 Å². The average molecular weight is 276 g/mol. The number of halogens is 3. The summed E-state index contributed by atoms with van der Waals surface area (Å²) in [5.74, 6) is 0. The maximum atomic E-state index is 12.2. The van der Waals surface area contributed by atoms with Crippen LogP contribution in [0, 0.1) is 0 Å². The summed E-state index contributed by atoms with van der Waals surface area (Å²) in [6, 6.07) is 0. The molecule has 0 saturated carbocycles. The van der Waals surface area contributed by atoms with E-state index in [0.717, 1.165) is 0 Å². The lowest BCUT2D eigenvalue weighted by Gasteiger charge is -2.25. The van der Waals surface area contributed by atoms with E-state index in [-0.39, 0.29) is 13.1 Å².